The number of aliphatic carboxylic acids is 4. The fourth-order valence-corrected chi connectivity index (χ4v) is 7.75. The first-order valence-corrected chi connectivity index (χ1v) is 21.1. The van der Waals surface area contributed by atoms with E-state index in [4.69, 9.17) is 49.7 Å². The molecule has 0 saturated heterocycles. The number of carboxylic acid groups (broad SMARTS) is 4. The monoisotopic (exact) mass is 878 g/mol. The van der Waals surface area contributed by atoms with Crippen LogP contribution in [-0.4, -0.2) is 151 Å². The summed E-state index contributed by atoms with van der Waals surface area (Å²) in [6, 6.07) is -8.94. The molecule has 0 aliphatic heterocycles. The van der Waals surface area contributed by atoms with E-state index >= 15 is 0 Å². The minimum atomic E-state index is -1.38. The smallest absolute Gasteiger partial charge is 0.327 e. The molecule has 0 saturated carbocycles. The van der Waals surface area contributed by atoms with E-state index in [0.29, 0.717) is 0 Å². The van der Waals surface area contributed by atoms with E-state index in [-0.39, 0.29) is 48.7 Å². The lowest BCUT2D eigenvalue weighted by Gasteiger charge is -2.22. The van der Waals surface area contributed by atoms with Gasteiger partial charge >= 0.3 is 23.9 Å². The third kappa shape index (κ3) is 25.9. The van der Waals surface area contributed by atoms with Crippen LogP contribution in [-0.2, 0) is 47.9 Å². The highest BCUT2D eigenvalue weighted by Crippen LogP contribution is 2.23. The molecule has 0 rings (SSSR count). The van der Waals surface area contributed by atoms with Crippen LogP contribution < -0.4 is 55.7 Å². The summed E-state index contributed by atoms with van der Waals surface area (Å²) in [5, 5.41) is 45.0. The van der Waals surface area contributed by atoms with Crippen molar-refractivity contribution in [3.8, 4) is 0 Å². The van der Waals surface area contributed by atoms with Crippen LogP contribution in [0.2, 0.25) is 0 Å². The Bertz CT molecular complexity index is 1380. The van der Waals surface area contributed by atoms with Gasteiger partial charge in [-0.05, 0) is 26.7 Å². The normalized spacial score (nSPS) is 15.0. The van der Waals surface area contributed by atoms with Gasteiger partial charge in [0.2, 0.25) is 35.4 Å². The van der Waals surface area contributed by atoms with Crippen LogP contribution in [0.25, 0.3) is 0 Å². The summed E-state index contributed by atoms with van der Waals surface area (Å²) >= 11 is 0. The molecule has 20 N–H and O–H groups in total. The standard InChI is InChI=1S/C16H28N6O8S2.C12H22N4O6S2/c17-7(1-3-11(19)23)13(25)21-9(2-4-12(20)24)14(26)22-10(16(29)30)6-32-31-5-8(18)15(27)28;1-5(13)9(17)15-6(2)10(18)16-8(12(21)22)4-24-23-3-7(14)11(19)20/h7-10H,1-6,17-18H2,(H2,19,23)(H2,20,24)(H,21,25)(H,22,26)(H,27,28)(H,29,30);5-8H,3-4,13-14H2,1-2H3,(H,15,17)(H,16,18)(H,19,20)(H,21,22)/t7-,8?,9-,10-;5-,6-,7?,8-/m00/s1. The first-order chi connectivity index (χ1) is 25.9. The maximum atomic E-state index is 12.6. The highest BCUT2D eigenvalue weighted by Gasteiger charge is 2.29. The summed E-state index contributed by atoms with van der Waals surface area (Å²) in [5.74, 6) is -9.27. The molecule has 0 aromatic carbocycles. The van der Waals surface area contributed by atoms with Crippen LogP contribution in [0.3, 0.4) is 0 Å². The number of rotatable bonds is 28. The molecule has 0 aliphatic rings. The van der Waals surface area contributed by atoms with Crippen molar-refractivity contribution in [1.29, 1.82) is 0 Å². The number of carboxylic acids is 4. The molecular weight excluding hydrogens is 829 g/mol. The predicted molar refractivity (Wildman–Crippen MR) is 208 cm³/mol. The van der Waals surface area contributed by atoms with Crippen molar-refractivity contribution in [2.75, 3.05) is 23.0 Å². The molecule has 0 bridgehead atoms. The van der Waals surface area contributed by atoms with Crippen LogP contribution in [0, 0.1) is 0 Å². The lowest BCUT2D eigenvalue weighted by atomic mass is 10.1. The number of primary amides is 2. The molecule has 0 fully saturated rings. The molecule has 0 heterocycles. The molecule has 56 heavy (non-hydrogen) atoms. The van der Waals surface area contributed by atoms with Gasteiger partial charge in [-0.15, -0.1) is 0 Å². The average Bonchev–Trinajstić information content (AvgIpc) is 3.10. The Hall–Kier alpha value is -4.06. The Balaban J connectivity index is 0. The number of carbonyl (C=O) groups is 10. The van der Waals surface area contributed by atoms with Crippen molar-refractivity contribution in [1.82, 2.24) is 21.3 Å². The number of carbonyl (C=O) groups excluding carboxylic acids is 6. The molecule has 0 aliphatic carbocycles. The number of nitrogens with one attached hydrogen (secondary N) is 4. The summed E-state index contributed by atoms with van der Waals surface area (Å²) in [5.41, 5.74) is 31.8. The fourth-order valence-electron chi connectivity index (χ4n) is 3.21. The van der Waals surface area contributed by atoms with Crippen molar-refractivity contribution in [2.24, 2.45) is 34.4 Å². The van der Waals surface area contributed by atoms with E-state index in [0.717, 1.165) is 43.2 Å². The molecule has 8 atom stereocenters. The number of hydrogen-bond donors (Lipinski definition) is 14. The predicted octanol–water partition coefficient (Wildman–Crippen LogP) is -5.11. The molecule has 0 aromatic heterocycles. The van der Waals surface area contributed by atoms with Crippen molar-refractivity contribution >= 4 is 102 Å². The van der Waals surface area contributed by atoms with Crippen molar-refractivity contribution < 1.29 is 68.4 Å². The first-order valence-electron chi connectivity index (χ1n) is 16.1. The van der Waals surface area contributed by atoms with Gasteiger partial charge in [-0.25, -0.2) is 9.59 Å². The molecule has 0 radical (unpaired) electrons. The van der Waals surface area contributed by atoms with E-state index < -0.39 is 108 Å². The van der Waals surface area contributed by atoms with E-state index in [1.807, 2.05) is 0 Å². The Morgan fingerprint density at radius 3 is 1.21 bits per heavy atom. The average molecular weight is 879 g/mol. The molecular formula is C28H50N10O14S4. The topological polar surface area (TPSA) is 456 Å². The number of nitrogens with two attached hydrogens (primary N) is 6. The largest absolute Gasteiger partial charge is 0.480 e. The van der Waals surface area contributed by atoms with Gasteiger partial charge in [-0.3, -0.25) is 38.4 Å². The minimum absolute atomic E-state index is 0.00599. The summed E-state index contributed by atoms with van der Waals surface area (Å²) in [6.45, 7) is 2.86. The van der Waals surface area contributed by atoms with Gasteiger partial charge in [-0.2, -0.15) is 0 Å². The molecule has 0 spiro atoms. The quantitative estimate of drug-likeness (QED) is 0.0258. The van der Waals surface area contributed by atoms with Gasteiger partial charge in [0, 0.05) is 35.9 Å². The van der Waals surface area contributed by atoms with Crippen LogP contribution in [0.1, 0.15) is 39.5 Å². The SMILES string of the molecule is C[C@H](N)C(=O)N[C@@H](C)C(=O)N[C@@H](CSSCC(N)C(=O)O)C(=O)O.NC(=O)CC[C@H](NC(=O)[C@@H](N)CCC(N)=O)C(=O)N[C@@H](CSSCC(N)C(=O)O)C(=O)O. The van der Waals surface area contributed by atoms with Gasteiger partial charge in [0.05, 0.1) is 12.1 Å². The Morgan fingerprint density at radius 2 is 0.839 bits per heavy atom. The van der Waals surface area contributed by atoms with E-state index in [2.05, 4.69) is 21.3 Å². The maximum Gasteiger partial charge on any atom is 0.327 e. The van der Waals surface area contributed by atoms with Crippen LogP contribution in [0.15, 0.2) is 0 Å². The van der Waals surface area contributed by atoms with E-state index in [1.54, 1.807) is 0 Å². The van der Waals surface area contributed by atoms with Gasteiger partial charge in [0.25, 0.3) is 0 Å². The molecule has 24 nitrogen and oxygen atoms in total. The summed E-state index contributed by atoms with van der Waals surface area (Å²) in [4.78, 5) is 114. The summed E-state index contributed by atoms with van der Waals surface area (Å²) in [6.07, 6.45) is -0.717. The van der Waals surface area contributed by atoms with Crippen molar-refractivity contribution in [3.63, 3.8) is 0 Å². The zero-order chi connectivity index (χ0) is 43.7. The molecule has 6 amide bonds. The lowest BCUT2D eigenvalue weighted by molar-refractivity contribution is -0.142. The van der Waals surface area contributed by atoms with Crippen molar-refractivity contribution in [3.05, 3.63) is 0 Å². The number of hydrogen-bond acceptors (Lipinski definition) is 18. The summed E-state index contributed by atoms with van der Waals surface area (Å²) in [7, 11) is 4.18. The third-order valence-corrected chi connectivity index (χ3v) is 11.4. The van der Waals surface area contributed by atoms with E-state index in [1.165, 1.54) is 13.8 Å². The highest BCUT2D eigenvalue weighted by molar-refractivity contribution is 8.77. The number of amides is 6. The third-order valence-electron chi connectivity index (χ3n) is 6.51. The molecule has 320 valence electrons. The second-order valence-corrected chi connectivity index (χ2v) is 16.6. The molecule has 0 aromatic rings. The molecule has 2 unspecified atom stereocenters. The first kappa shape index (κ1) is 54.0. The van der Waals surface area contributed by atoms with Crippen LogP contribution in [0.5, 0.6) is 0 Å². The van der Waals surface area contributed by atoms with Crippen molar-refractivity contribution in [2.45, 2.75) is 87.9 Å². The Kier molecular flexibility index (Phi) is 28.2. The van der Waals surface area contributed by atoms with Crippen LogP contribution in [0.4, 0.5) is 0 Å². The second kappa shape index (κ2) is 29.2. The van der Waals surface area contributed by atoms with Gasteiger partial charge < -0.3 is 76.1 Å². The second-order valence-electron chi connectivity index (χ2n) is 11.5. The van der Waals surface area contributed by atoms with Gasteiger partial charge in [0.1, 0.15) is 36.3 Å². The lowest BCUT2D eigenvalue weighted by Crippen LogP contribution is -2.55. The Morgan fingerprint density at radius 1 is 0.464 bits per heavy atom. The highest BCUT2D eigenvalue weighted by atomic mass is 33.1. The maximum absolute atomic E-state index is 12.6. The zero-order valence-corrected chi connectivity index (χ0v) is 33.5. The van der Waals surface area contributed by atoms with Gasteiger partial charge in [-0.1, -0.05) is 43.2 Å². The minimum Gasteiger partial charge on any atom is -0.480 e. The van der Waals surface area contributed by atoms with Gasteiger partial charge in [0.15, 0.2) is 0 Å². The van der Waals surface area contributed by atoms with Crippen LogP contribution >= 0.6 is 43.2 Å². The fraction of sp³-hybridized carbons (Fsp3) is 0.643. The van der Waals surface area contributed by atoms with E-state index in [9.17, 15) is 53.1 Å². The summed E-state index contributed by atoms with van der Waals surface area (Å²) < 4.78 is 0. The Labute approximate surface area is 336 Å². The zero-order valence-electron chi connectivity index (χ0n) is 30.2. The molecule has 28 heteroatoms.